The quantitative estimate of drug-likeness (QED) is 0.475. The Labute approximate surface area is 152 Å². The van der Waals surface area contributed by atoms with Gasteiger partial charge in [-0.15, -0.1) is 11.8 Å². The van der Waals surface area contributed by atoms with E-state index in [0.29, 0.717) is 18.1 Å². The molecule has 1 N–H and O–H groups in total. The van der Waals surface area contributed by atoms with E-state index in [4.69, 9.17) is 16.3 Å². The lowest BCUT2D eigenvalue weighted by molar-refractivity contribution is -0.136. The molecule has 0 bridgehead atoms. The van der Waals surface area contributed by atoms with Gasteiger partial charge >= 0.3 is 5.97 Å². The average molecular weight is 365 g/mol. The van der Waals surface area contributed by atoms with Gasteiger partial charge < -0.3 is 9.84 Å². The minimum absolute atomic E-state index is 0.428. The second-order valence-electron chi connectivity index (χ2n) is 5.56. The molecule has 1 atom stereocenters. The van der Waals surface area contributed by atoms with Gasteiger partial charge in [0.15, 0.2) is 0 Å². The van der Waals surface area contributed by atoms with E-state index in [2.05, 4.69) is 0 Å². The summed E-state index contributed by atoms with van der Waals surface area (Å²) in [6.45, 7) is 2.59. The number of halogens is 1. The van der Waals surface area contributed by atoms with Crippen LogP contribution in [0.25, 0.3) is 0 Å². The highest BCUT2D eigenvalue weighted by atomic mass is 35.5. The van der Waals surface area contributed by atoms with E-state index < -0.39 is 11.2 Å². The van der Waals surface area contributed by atoms with Gasteiger partial charge in [0.1, 0.15) is 11.0 Å². The van der Waals surface area contributed by atoms with Crippen LogP contribution in [0, 0.1) is 6.92 Å². The summed E-state index contributed by atoms with van der Waals surface area (Å²) in [5, 5.41) is 9.64. The summed E-state index contributed by atoms with van der Waals surface area (Å²) in [6.07, 6.45) is 2.25. The highest BCUT2D eigenvalue weighted by Gasteiger charge is 2.18. The SMILES string of the molecule is Cc1ccc(SC(CCCCOc2ccc(Cl)cc2)C(=O)O)cc1. The van der Waals surface area contributed by atoms with Crippen molar-refractivity contribution in [2.45, 2.75) is 36.3 Å². The van der Waals surface area contributed by atoms with Crippen molar-refractivity contribution < 1.29 is 14.6 Å². The number of hydrogen-bond donors (Lipinski definition) is 1. The molecule has 0 aliphatic rings. The zero-order chi connectivity index (χ0) is 17.4. The molecule has 0 saturated heterocycles. The van der Waals surface area contributed by atoms with Crippen molar-refractivity contribution in [3.8, 4) is 5.75 Å². The highest BCUT2D eigenvalue weighted by molar-refractivity contribution is 8.00. The summed E-state index contributed by atoms with van der Waals surface area (Å²) in [7, 11) is 0. The zero-order valence-electron chi connectivity index (χ0n) is 13.6. The molecule has 2 rings (SSSR count). The van der Waals surface area contributed by atoms with Crippen LogP contribution in [0.5, 0.6) is 5.75 Å². The Morgan fingerprint density at radius 3 is 2.42 bits per heavy atom. The van der Waals surface area contributed by atoms with Crippen LogP contribution in [-0.2, 0) is 4.79 Å². The Morgan fingerprint density at radius 1 is 1.12 bits per heavy atom. The molecule has 0 aromatic heterocycles. The van der Waals surface area contributed by atoms with Crippen molar-refractivity contribution in [2.24, 2.45) is 0 Å². The lowest BCUT2D eigenvalue weighted by Gasteiger charge is -2.12. The lowest BCUT2D eigenvalue weighted by Crippen LogP contribution is -2.16. The van der Waals surface area contributed by atoms with Gasteiger partial charge in [0.25, 0.3) is 0 Å². The van der Waals surface area contributed by atoms with Crippen molar-refractivity contribution in [3.63, 3.8) is 0 Å². The van der Waals surface area contributed by atoms with Gasteiger partial charge in [0.05, 0.1) is 6.61 Å². The van der Waals surface area contributed by atoms with Crippen molar-refractivity contribution in [2.75, 3.05) is 6.61 Å². The van der Waals surface area contributed by atoms with Gasteiger partial charge in [-0.3, -0.25) is 4.79 Å². The normalized spacial score (nSPS) is 11.9. The number of unbranched alkanes of at least 4 members (excludes halogenated alkanes) is 1. The smallest absolute Gasteiger partial charge is 0.316 e. The van der Waals surface area contributed by atoms with E-state index in [-0.39, 0.29) is 0 Å². The summed E-state index contributed by atoms with van der Waals surface area (Å²) in [5.74, 6) is 0.0161. The Bertz CT molecular complexity index is 641. The summed E-state index contributed by atoms with van der Waals surface area (Å²) < 4.78 is 5.62. The van der Waals surface area contributed by atoms with Crippen LogP contribution >= 0.6 is 23.4 Å². The van der Waals surface area contributed by atoms with Crippen LogP contribution in [-0.4, -0.2) is 22.9 Å². The maximum Gasteiger partial charge on any atom is 0.316 e. The first-order valence-corrected chi connectivity index (χ1v) is 9.15. The molecule has 3 nitrogen and oxygen atoms in total. The molecule has 0 radical (unpaired) electrons. The van der Waals surface area contributed by atoms with Crippen molar-refractivity contribution in [3.05, 3.63) is 59.1 Å². The third-order valence-corrected chi connectivity index (χ3v) is 5.04. The Balaban J connectivity index is 1.72. The van der Waals surface area contributed by atoms with E-state index in [0.717, 1.165) is 23.5 Å². The third-order valence-electron chi connectivity index (χ3n) is 3.52. The number of aryl methyl sites for hydroxylation is 1. The van der Waals surface area contributed by atoms with Crippen LogP contribution in [0.1, 0.15) is 24.8 Å². The van der Waals surface area contributed by atoms with Crippen LogP contribution in [0.4, 0.5) is 0 Å². The lowest BCUT2D eigenvalue weighted by atomic mass is 10.2. The maximum atomic E-state index is 11.4. The fourth-order valence-corrected chi connectivity index (χ4v) is 3.30. The number of thioether (sulfide) groups is 1. The van der Waals surface area contributed by atoms with E-state index in [1.165, 1.54) is 17.3 Å². The fourth-order valence-electron chi connectivity index (χ4n) is 2.17. The number of carboxylic acid groups (broad SMARTS) is 1. The second kappa shape index (κ2) is 9.60. The van der Waals surface area contributed by atoms with Gasteiger partial charge in [-0.1, -0.05) is 29.3 Å². The maximum absolute atomic E-state index is 11.4. The molecule has 0 aliphatic heterocycles. The van der Waals surface area contributed by atoms with Gasteiger partial charge in [-0.2, -0.15) is 0 Å². The van der Waals surface area contributed by atoms with Crippen molar-refractivity contribution in [1.29, 1.82) is 0 Å². The standard InChI is InChI=1S/C19H21ClO3S/c1-14-5-11-17(12-6-14)24-18(19(21)22)4-2-3-13-23-16-9-7-15(20)8-10-16/h5-12,18H,2-4,13H2,1H3,(H,21,22). The minimum atomic E-state index is -0.765. The largest absolute Gasteiger partial charge is 0.494 e. The molecular weight excluding hydrogens is 344 g/mol. The summed E-state index contributed by atoms with van der Waals surface area (Å²) in [5.41, 5.74) is 1.17. The monoisotopic (exact) mass is 364 g/mol. The molecule has 0 heterocycles. The molecule has 0 aliphatic carbocycles. The number of carboxylic acids is 1. The van der Waals surface area contributed by atoms with Gasteiger partial charge in [-0.25, -0.2) is 0 Å². The molecule has 5 heteroatoms. The van der Waals surface area contributed by atoms with Crippen LogP contribution in [0.3, 0.4) is 0 Å². The first kappa shape index (κ1) is 18.7. The molecule has 0 fully saturated rings. The summed E-state index contributed by atoms with van der Waals surface area (Å²) in [4.78, 5) is 12.4. The summed E-state index contributed by atoms with van der Waals surface area (Å²) >= 11 is 7.23. The van der Waals surface area contributed by atoms with Crippen LogP contribution in [0.2, 0.25) is 5.02 Å². The van der Waals surface area contributed by atoms with E-state index >= 15 is 0 Å². The molecule has 2 aromatic carbocycles. The predicted octanol–water partition coefficient (Wildman–Crippen LogP) is 5.44. The van der Waals surface area contributed by atoms with Crippen molar-refractivity contribution in [1.82, 2.24) is 0 Å². The van der Waals surface area contributed by atoms with Crippen molar-refractivity contribution >= 4 is 29.3 Å². The molecule has 24 heavy (non-hydrogen) atoms. The third kappa shape index (κ3) is 6.46. The van der Waals surface area contributed by atoms with E-state index in [9.17, 15) is 9.90 Å². The Kier molecular flexibility index (Phi) is 7.47. The first-order chi connectivity index (χ1) is 11.5. The summed E-state index contributed by atoms with van der Waals surface area (Å²) in [6, 6.07) is 15.2. The molecule has 2 aromatic rings. The van der Waals surface area contributed by atoms with Gasteiger partial charge in [0, 0.05) is 9.92 Å². The molecule has 0 spiro atoms. The number of carbonyl (C=O) groups is 1. The number of ether oxygens (including phenoxy) is 1. The molecule has 0 saturated carbocycles. The number of rotatable bonds is 9. The number of benzene rings is 2. The Morgan fingerprint density at radius 2 is 1.79 bits per heavy atom. The zero-order valence-corrected chi connectivity index (χ0v) is 15.1. The molecule has 0 amide bonds. The van der Waals surface area contributed by atoms with Gasteiger partial charge in [0.2, 0.25) is 0 Å². The van der Waals surface area contributed by atoms with Gasteiger partial charge in [-0.05, 0) is 62.6 Å². The fraction of sp³-hybridized carbons (Fsp3) is 0.316. The molecular formula is C19H21ClO3S. The molecule has 128 valence electrons. The minimum Gasteiger partial charge on any atom is -0.494 e. The van der Waals surface area contributed by atoms with E-state index in [1.807, 2.05) is 43.3 Å². The first-order valence-electron chi connectivity index (χ1n) is 7.89. The van der Waals surface area contributed by atoms with E-state index in [1.54, 1.807) is 12.1 Å². The number of aliphatic carboxylic acids is 1. The average Bonchev–Trinajstić information content (AvgIpc) is 2.57. The Hall–Kier alpha value is -1.65. The topological polar surface area (TPSA) is 46.5 Å². The van der Waals surface area contributed by atoms with Crippen LogP contribution in [0.15, 0.2) is 53.4 Å². The molecule has 1 unspecified atom stereocenters. The van der Waals surface area contributed by atoms with Crippen LogP contribution < -0.4 is 4.74 Å². The predicted molar refractivity (Wildman–Crippen MR) is 99.3 cm³/mol. The second-order valence-corrected chi connectivity index (χ2v) is 7.27. The highest BCUT2D eigenvalue weighted by Crippen LogP contribution is 2.27. The number of hydrogen-bond acceptors (Lipinski definition) is 3.